The Labute approximate surface area is 630 Å². The number of fused-ring (bicyclic) bond motifs is 12. The fourth-order valence-corrected chi connectivity index (χ4v) is 18.8. The lowest BCUT2D eigenvalue weighted by Gasteiger charge is -2.45. The number of anilines is 18. The molecule has 9 heteroatoms. The topological polar surface area (TPSA) is 19.4 Å². The largest absolute Gasteiger partial charge is 0.311 e. The van der Waals surface area contributed by atoms with Crippen molar-refractivity contribution >= 4 is 172 Å². The molecule has 510 valence electrons. The van der Waals surface area contributed by atoms with Gasteiger partial charge in [-0.1, -0.05) is 237 Å². The summed E-state index contributed by atoms with van der Waals surface area (Å²) < 4.78 is 0. The summed E-state index contributed by atoms with van der Waals surface area (Å²) in [7, 11) is 0. The lowest BCUT2D eigenvalue weighted by molar-refractivity contribution is 1.20. The van der Waals surface area contributed by atoms with E-state index in [4.69, 9.17) is 0 Å². The maximum atomic E-state index is 2.51. The van der Waals surface area contributed by atoms with E-state index in [9.17, 15) is 0 Å². The van der Waals surface area contributed by atoms with Gasteiger partial charge in [0.05, 0.1) is 17.1 Å². The predicted molar refractivity (Wildman–Crippen MR) is 459 cm³/mol. The SMILES string of the molecule is Cc1cccc(C)c1N1c2ccccc2B2c3ccccc3N(c3c(C)cccc3C)c3cccc1c32.Cc1cccc(C)c1N1c2ccccc2B2c3ccccc3N(c3ccccc3)c3cccc1c32.Cc1ccccc1N1c2cccc3c2B(c2ccccc2N3c2ccccc2)c2cccc(C)c21. The molecular formula is C98H79B3N6. The monoisotopic (exact) mass is 1370 g/mol. The van der Waals surface area contributed by atoms with Crippen LogP contribution in [0, 0.1) is 55.4 Å². The van der Waals surface area contributed by atoms with Crippen LogP contribution >= 0.6 is 0 Å². The van der Waals surface area contributed by atoms with Crippen LogP contribution in [-0.4, -0.2) is 20.1 Å². The molecule has 0 bridgehead atoms. The second-order valence-electron chi connectivity index (χ2n) is 29.4. The quantitative estimate of drug-likeness (QED) is 0.153. The first-order valence-electron chi connectivity index (χ1n) is 37.6. The minimum atomic E-state index is 0.180. The third-order valence-electron chi connectivity index (χ3n) is 23.1. The summed E-state index contributed by atoms with van der Waals surface area (Å²) in [6.07, 6.45) is 0. The number of hydrogen-bond acceptors (Lipinski definition) is 6. The standard InChI is InChI=1S/C34H29BN2.2C32H25BN2/c1-22-12-9-13-23(2)33(22)36-28-18-7-5-16-26(28)35-27-17-6-8-19-29(27)37(31-21-11-20-30(36)32(31)35)34-24(3)14-10-15-25(34)4;1-22-12-10-13-23(2)32(22)35-28-19-9-7-17-26(28)33-25-16-6-8-18-27(25)34(24-14-4-3-5-15-24)29-20-11-21-30(35)31(29)33;1-22-12-6-8-18-27(22)35-30-21-11-20-29-31(30)33(26-17-10-13-23(2)32(26)35)25-16-7-9-19-28(25)34(29)24-14-4-3-5-15-24/h5-21H,1-4H3;2*3-21H,1-2H3. The molecule has 6 aliphatic heterocycles. The minimum Gasteiger partial charge on any atom is -0.311 e. The zero-order valence-corrected chi connectivity index (χ0v) is 61.7. The van der Waals surface area contributed by atoms with Crippen molar-refractivity contribution in [3.63, 3.8) is 0 Å². The Hall–Kier alpha value is -12.7. The fourth-order valence-electron chi connectivity index (χ4n) is 18.8. The third kappa shape index (κ3) is 10.3. The third-order valence-corrected chi connectivity index (χ3v) is 23.1. The Balaban J connectivity index is 0.000000110. The molecule has 0 aliphatic carbocycles. The molecular weight excluding hydrogens is 1290 g/mol. The highest BCUT2D eigenvalue weighted by atomic mass is 15.2. The molecule has 0 fully saturated rings. The van der Waals surface area contributed by atoms with Crippen molar-refractivity contribution in [2.45, 2.75) is 55.4 Å². The maximum Gasteiger partial charge on any atom is 0.252 e. The summed E-state index contributed by atoms with van der Waals surface area (Å²) in [5, 5.41) is 0. The normalized spacial score (nSPS) is 13.3. The van der Waals surface area contributed by atoms with Crippen LogP contribution in [0.3, 0.4) is 0 Å². The molecule has 6 aliphatic rings. The first-order chi connectivity index (χ1) is 52.5. The molecule has 6 heterocycles. The summed E-state index contributed by atoms with van der Waals surface area (Å²) >= 11 is 0. The summed E-state index contributed by atoms with van der Waals surface area (Å²) in [5.41, 5.74) is 45.2. The molecule has 15 aromatic carbocycles. The van der Waals surface area contributed by atoms with Gasteiger partial charge in [-0.3, -0.25) is 0 Å². The molecule has 21 rings (SSSR count). The van der Waals surface area contributed by atoms with Crippen LogP contribution in [0.5, 0.6) is 0 Å². The molecule has 0 saturated carbocycles. The molecule has 0 N–H and O–H groups in total. The highest BCUT2D eigenvalue weighted by molar-refractivity contribution is 7.02. The molecule has 6 nitrogen and oxygen atoms in total. The Bertz CT molecular complexity index is 5790. The van der Waals surface area contributed by atoms with Gasteiger partial charge in [-0.25, -0.2) is 0 Å². The molecule has 0 aromatic heterocycles. The van der Waals surface area contributed by atoms with Crippen molar-refractivity contribution in [2.75, 3.05) is 29.4 Å². The number of nitrogens with zero attached hydrogens (tertiary/aromatic N) is 6. The summed E-state index contributed by atoms with van der Waals surface area (Å²) in [5.74, 6) is 0. The van der Waals surface area contributed by atoms with Crippen molar-refractivity contribution < 1.29 is 0 Å². The first-order valence-corrected chi connectivity index (χ1v) is 37.6. The highest BCUT2D eigenvalue weighted by Gasteiger charge is 2.47. The van der Waals surface area contributed by atoms with Gasteiger partial charge in [0.2, 0.25) is 0 Å². The molecule has 0 amide bonds. The van der Waals surface area contributed by atoms with E-state index in [-0.39, 0.29) is 20.1 Å². The van der Waals surface area contributed by atoms with E-state index in [1.165, 1.54) is 196 Å². The number of aryl methyl sites for hydroxylation is 8. The molecule has 0 atom stereocenters. The highest BCUT2D eigenvalue weighted by Crippen LogP contribution is 2.50. The molecule has 0 unspecified atom stereocenters. The Morgan fingerprint density at radius 2 is 0.346 bits per heavy atom. The zero-order valence-electron chi connectivity index (χ0n) is 61.7. The van der Waals surface area contributed by atoms with Gasteiger partial charge in [0.15, 0.2) is 0 Å². The molecule has 107 heavy (non-hydrogen) atoms. The van der Waals surface area contributed by atoms with Crippen LogP contribution in [-0.2, 0) is 0 Å². The smallest absolute Gasteiger partial charge is 0.252 e. The van der Waals surface area contributed by atoms with E-state index in [1.807, 2.05) is 0 Å². The molecule has 0 radical (unpaired) electrons. The molecule has 15 aromatic rings. The van der Waals surface area contributed by atoms with E-state index in [0.717, 1.165) is 0 Å². The Morgan fingerprint density at radius 3 is 0.664 bits per heavy atom. The van der Waals surface area contributed by atoms with Gasteiger partial charge in [-0.2, -0.15) is 0 Å². The average Bonchev–Trinajstić information content (AvgIpc) is 0.708. The molecule has 0 saturated heterocycles. The number of para-hydroxylation sites is 12. The summed E-state index contributed by atoms with van der Waals surface area (Å²) in [6.45, 7) is 18.4. The van der Waals surface area contributed by atoms with Crippen LogP contribution in [0.4, 0.5) is 102 Å². The Kier molecular flexibility index (Phi) is 15.9. The van der Waals surface area contributed by atoms with Gasteiger partial charge < -0.3 is 29.4 Å². The van der Waals surface area contributed by atoms with Crippen molar-refractivity contribution in [3.05, 3.63) is 378 Å². The fraction of sp³-hybridized carbons (Fsp3) is 0.0816. The lowest BCUT2D eigenvalue weighted by atomic mass is 9.33. The van der Waals surface area contributed by atoms with E-state index < -0.39 is 0 Å². The van der Waals surface area contributed by atoms with Crippen LogP contribution in [0.25, 0.3) is 0 Å². The second kappa shape index (κ2) is 26.2. The lowest BCUT2D eigenvalue weighted by Crippen LogP contribution is -2.61. The van der Waals surface area contributed by atoms with Crippen molar-refractivity contribution in [1.82, 2.24) is 0 Å². The van der Waals surface area contributed by atoms with E-state index >= 15 is 0 Å². The number of benzene rings is 15. The van der Waals surface area contributed by atoms with Gasteiger partial charge >= 0.3 is 0 Å². The maximum absolute atomic E-state index is 2.51. The van der Waals surface area contributed by atoms with Crippen LogP contribution in [0.1, 0.15) is 44.5 Å². The zero-order chi connectivity index (χ0) is 72.3. The molecule has 0 spiro atoms. The van der Waals surface area contributed by atoms with Gasteiger partial charge in [0.25, 0.3) is 20.1 Å². The van der Waals surface area contributed by atoms with Crippen molar-refractivity contribution in [1.29, 1.82) is 0 Å². The minimum absolute atomic E-state index is 0.180. The van der Waals surface area contributed by atoms with Crippen LogP contribution in [0.15, 0.2) is 334 Å². The number of rotatable bonds is 6. The van der Waals surface area contributed by atoms with E-state index in [0.29, 0.717) is 0 Å². The summed E-state index contributed by atoms with van der Waals surface area (Å²) in [6, 6.07) is 122. The van der Waals surface area contributed by atoms with Gasteiger partial charge in [-0.15, -0.1) is 0 Å². The van der Waals surface area contributed by atoms with Gasteiger partial charge in [0, 0.05) is 85.3 Å². The van der Waals surface area contributed by atoms with E-state index in [2.05, 4.69) is 418 Å². The van der Waals surface area contributed by atoms with Gasteiger partial charge in [0.1, 0.15) is 0 Å². The van der Waals surface area contributed by atoms with E-state index in [1.54, 1.807) is 0 Å². The number of hydrogen-bond donors (Lipinski definition) is 0. The first kappa shape index (κ1) is 65.1. The van der Waals surface area contributed by atoms with Crippen LogP contribution in [0.2, 0.25) is 0 Å². The van der Waals surface area contributed by atoms with Crippen molar-refractivity contribution in [3.8, 4) is 0 Å². The summed E-state index contributed by atoms with van der Waals surface area (Å²) in [4.78, 5) is 14.9. The predicted octanol–water partition coefficient (Wildman–Crippen LogP) is 19.8. The second-order valence-corrected chi connectivity index (χ2v) is 29.4. The Morgan fingerprint density at radius 1 is 0.150 bits per heavy atom. The van der Waals surface area contributed by atoms with Crippen molar-refractivity contribution in [2.24, 2.45) is 0 Å². The van der Waals surface area contributed by atoms with Gasteiger partial charge in [-0.05, 0) is 246 Å². The average molecular weight is 1370 g/mol. The van der Waals surface area contributed by atoms with Crippen LogP contribution < -0.4 is 78.6 Å².